The van der Waals surface area contributed by atoms with E-state index >= 15 is 0 Å². The number of rotatable bonds is 0. The predicted molar refractivity (Wildman–Crippen MR) is 66.8 cm³/mol. The van der Waals surface area contributed by atoms with Gasteiger partial charge < -0.3 is 4.90 Å². The summed E-state index contributed by atoms with van der Waals surface area (Å²) in [7, 11) is 1.89. The molecule has 0 atom stereocenters. The van der Waals surface area contributed by atoms with Gasteiger partial charge in [-0.05, 0) is 13.8 Å². The molecule has 0 bridgehead atoms. The second-order valence-electron chi connectivity index (χ2n) is 5.97. The van der Waals surface area contributed by atoms with Crippen LogP contribution in [0.5, 0.6) is 0 Å². The van der Waals surface area contributed by atoms with Crippen molar-refractivity contribution in [2.24, 2.45) is 0 Å². The van der Waals surface area contributed by atoms with E-state index in [1.165, 1.54) is 4.68 Å². The van der Waals surface area contributed by atoms with E-state index in [0.29, 0.717) is 11.6 Å². The zero-order valence-corrected chi connectivity index (χ0v) is 11.2. The fourth-order valence-electron chi connectivity index (χ4n) is 1.77. The van der Waals surface area contributed by atoms with Gasteiger partial charge in [0.2, 0.25) is 5.95 Å². The van der Waals surface area contributed by atoms with Crippen molar-refractivity contribution in [3.8, 4) is 0 Å². The van der Waals surface area contributed by atoms with Gasteiger partial charge in [-0.15, -0.1) is 10.2 Å². The van der Waals surface area contributed by atoms with Gasteiger partial charge in [0.1, 0.15) is 11.4 Å². The lowest BCUT2D eigenvalue weighted by Crippen LogP contribution is -2.45. The summed E-state index contributed by atoms with van der Waals surface area (Å²) in [5.74, 6) is 0.549. The monoisotopic (exact) mass is 237 g/mol. The van der Waals surface area contributed by atoms with Crippen LogP contribution >= 0.6 is 0 Å². The van der Waals surface area contributed by atoms with Gasteiger partial charge in [-0.1, -0.05) is 20.8 Å². The zero-order chi connectivity index (χ0) is 13.0. The van der Waals surface area contributed by atoms with Crippen LogP contribution in [-0.2, 0) is 5.41 Å². The number of hydrogen-bond donors (Lipinski definition) is 1. The average Bonchev–Trinajstić information content (AvgIpc) is 2.39. The van der Waals surface area contributed by atoms with Crippen LogP contribution in [0.3, 0.4) is 0 Å². The number of nitrogens with zero attached hydrogens (tertiary/aromatic N) is 4. The largest absolute Gasteiger partial charge is 0.319 e. The van der Waals surface area contributed by atoms with Crippen molar-refractivity contribution in [3.63, 3.8) is 0 Å². The van der Waals surface area contributed by atoms with Crippen LogP contribution < -0.4 is 15.9 Å². The molecule has 17 heavy (non-hydrogen) atoms. The highest BCUT2D eigenvalue weighted by molar-refractivity contribution is 5.41. The summed E-state index contributed by atoms with van der Waals surface area (Å²) in [6.45, 7) is 9.83. The second kappa shape index (κ2) is 3.21. The third-order valence-electron chi connectivity index (χ3n) is 3.08. The molecule has 2 rings (SSSR count). The Bertz CT molecular complexity index is 512. The number of anilines is 1. The van der Waals surface area contributed by atoms with Crippen molar-refractivity contribution < 1.29 is 0 Å². The molecule has 6 nitrogen and oxygen atoms in total. The van der Waals surface area contributed by atoms with Crippen molar-refractivity contribution in [1.29, 1.82) is 0 Å². The van der Waals surface area contributed by atoms with E-state index < -0.39 is 0 Å². The quantitative estimate of drug-likeness (QED) is 0.718. The van der Waals surface area contributed by atoms with E-state index in [1.807, 2.05) is 46.6 Å². The Balaban J connectivity index is 2.63. The molecule has 0 unspecified atom stereocenters. The van der Waals surface area contributed by atoms with Gasteiger partial charge in [-0.2, -0.15) is 4.68 Å². The maximum atomic E-state index is 12.3. The topological polar surface area (TPSA) is 63.1 Å². The second-order valence-corrected chi connectivity index (χ2v) is 5.97. The van der Waals surface area contributed by atoms with Crippen molar-refractivity contribution in [2.45, 2.75) is 45.7 Å². The molecule has 2 heterocycles. The molecule has 0 spiro atoms. The Hall–Kier alpha value is -1.59. The predicted octanol–water partition coefficient (Wildman–Crippen LogP) is 0.665. The smallest absolute Gasteiger partial charge is 0.296 e. The molecule has 0 aliphatic carbocycles. The van der Waals surface area contributed by atoms with Crippen LogP contribution in [-0.4, -0.2) is 27.6 Å². The summed E-state index contributed by atoms with van der Waals surface area (Å²) >= 11 is 0. The van der Waals surface area contributed by atoms with Gasteiger partial charge in [0, 0.05) is 12.5 Å². The summed E-state index contributed by atoms with van der Waals surface area (Å²) in [4.78, 5) is 14.2. The lowest BCUT2D eigenvalue weighted by atomic mass is 9.93. The Kier molecular flexibility index (Phi) is 2.24. The molecule has 1 N–H and O–H groups in total. The first kappa shape index (κ1) is 11.9. The Morgan fingerprint density at radius 3 is 2.35 bits per heavy atom. The van der Waals surface area contributed by atoms with Crippen molar-refractivity contribution in [1.82, 2.24) is 14.9 Å². The third kappa shape index (κ3) is 1.67. The molecule has 0 saturated carbocycles. The SMILES string of the molecule is CN1c2nnc(C(C)(C)C)c(=O)n2NC1(C)C. The lowest BCUT2D eigenvalue weighted by molar-refractivity contribution is 0.532. The molecular formula is C11H19N5O. The van der Waals surface area contributed by atoms with Gasteiger partial charge >= 0.3 is 0 Å². The minimum atomic E-state index is -0.336. The summed E-state index contributed by atoms with van der Waals surface area (Å²) in [6, 6.07) is 0. The standard InChI is InChI=1S/C11H19N5O/c1-10(2,3)7-8(17)16-9(13-12-7)15(6)11(4,5)14-16/h14H,1-6H3. The van der Waals surface area contributed by atoms with E-state index in [1.54, 1.807) is 0 Å². The fraction of sp³-hybridized carbons (Fsp3) is 0.727. The molecule has 1 aliphatic heterocycles. The molecular weight excluding hydrogens is 218 g/mol. The molecule has 1 aromatic heterocycles. The lowest BCUT2D eigenvalue weighted by Gasteiger charge is -2.26. The van der Waals surface area contributed by atoms with E-state index in [4.69, 9.17) is 0 Å². The van der Waals surface area contributed by atoms with E-state index in [-0.39, 0.29) is 16.6 Å². The summed E-state index contributed by atoms with van der Waals surface area (Å²) < 4.78 is 1.48. The van der Waals surface area contributed by atoms with Crippen LogP contribution in [0.4, 0.5) is 5.95 Å². The normalized spacial score (nSPS) is 17.9. The number of aromatic nitrogens is 3. The maximum Gasteiger partial charge on any atom is 0.296 e. The number of fused-ring (bicyclic) bond motifs is 1. The van der Waals surface area contributed by atoms with Crippen LogP contribution in [0.2, 0.25) is 0 Å². The number of nitrogens with one attached hydrogen (secondary N) is 1. The highest BCUT2D eigenvalue weighted by atomic mass is 16.1. The van der Waals surface area contributed by atoms with Gasteiger partial charge in [0.15, 0.2) is 0 Å². The molecule has 94 valence electrons. The molecule has 0 radical (unpaired) electrons. The highest BCUT2D eigenvalue weighted by Crippen LogP contribution is 2.25. The molecule has 0 saturated heterocycles. The van der Waals surface area contributed by atoms with E-state index in [0.717, 1.165) is 0 Å². The van der Waals surface area contributed by atoms with Gasteiger partial charge in [-0.25, -0.2) is 0 Å². The van der Waals surface area contributed by atoms with Crippen molar-refractivity contribution in [2.75, 3.05) is 17.4 Å². The molecule has 1 aliphatic rings. The molecule has 0 fully saturated rings. The van der Waals surface area contributed by atoms with Crippen molar-refractivity contribution >= 4 is 5.95 Å². The first-order valence-electron chi connectivity index (χ1n) is 5.67. The summed E-state index contributed by atoms with van der Waals surface area (Å²) in [5.41, 5.74) is 2.84. The zero-order valence-electron chi connectivity index (χ0n) is 11.2. The Morgan fingerprint density at radius 2 is 1.82 bits per heavy atom. The van der Waals surface area contributed by atoms with Gasteiger partial charge in [-0.3, -0.25) is 10.2 Å². The van der Waals surface area contributed by atoms with Crippen LogP contribution in [0, 0.1) is 0 Å². The molecule has 6 heteroatoms. The third-order valence-corrected chi connectivity index (χ3v) is 3.08. The molecule has 0 aromatic carbocycles. The van der Waals surface area contributed by atoms with E-state index in [9.17, 15) is 4.79 Å². The minimum Gasteiger partial charge on any atom is -0.319 e. The van der Waals surface area contributed by atoms with Gasteiger partial charge in [0.05, 0.1) is 0 Å². The first-order chi connectivity index (χ1) is 7.64. The Labute approximate surface area is 101 Å². The minimum absolute atomic E-state index is 0.125. The van der Waals surface area contributed by atoms with Crippen molar-refractivity contribution in [3.05, 3.63) is 16.0 Å². The maximum absolute atomic E-state index is 12.3. The van der Waals surface area contributed by atoms with Crippen LogP contribution in [0.15, 0.2) is 4.79 Å². The van der Waals surface area contributed by atoms with Gasteiger partial charge in [0.25, 0.3) is 5.56 Å². The molecule has 1 aromatic rings. The average molecular weight is 237 g/mol. The highest BCUT2D eigenvalue weighted by Gasteiger charge is 2.37. The van der Waals surface area contributed by atoms with Crippen LogP contribution in [0.25, 0.3) is 0 Å². The fourth-order valence-corrected chi connectivity index (χ4v) is 1.77. The van der Waals surface area contributed by atoms with Crippen LogP contribution in [0.1, 0.15) is 40.3 Å². The number of hydrogen-bond acceptors (Lipinski definition) is 5. The Morgan fingerprint density at radius 1 is 1.24 bits per heavy atom. The summed E-state index contributed by atoms with van der Waals surface area (Å²) in [6.07, 6.45) is 0. The first-order valence-corrected chi connectivity index (χ1v) is 5.67. The molecule has 0 amide bonds. The summed E-state index contributed by atoms with van der Waals surface area (Å²) in [5, 5.41) is 8.21. The van der Waals surface area contributed by atoms with E-state index in [2.05, 4.69) is 15.6 Å².